The number of rotatable bonds is 6. The summed E-state index contributed by atoms with van der Waals surface area (Å²) in [6.07, 6.45) is 8.20. The average Bonchev–Trinajstić information content (AvgIpc) is 2.60. The zero-order valence-corrected chi connectivity index (χ0v) is 15.5. The van der Waals surface area contributed by atoms with Crippen LogP contribution in [0.3, 0.4) is 0 Å². The topological polar surface area (TPSA) is 50.2 Å². The van der Waals surface area contributed by atoms with E-state index in [4.69, 9.17) is 0 Å². The highest BCUT2D eigenvalue weighted by molar-refractivity contribution is 6.03. The number of amidine groups is 1. The molecule has 0 radical (unpaired) electrons. The molecule has 25 heavy (non-hydrogen) atoms. The summed E-state index contributed by atoms with van der Waals surface area (Å²) in [7, 11) is 1.78. The van der Waals surface area contributed by atoms with E-state index in [1.807, 2.05) is 43.3 Å². The van der Waals surface area contributed by atoms with Crippen LogP contribution in [0.25, 0.3) is 12.2 Å². The Morgan fingerprint density at radius 2 is 1.92 bits per heavy atom. The molecule has 1 N–H and O–H groups in total. The smallest absolute Gasteiger partial charge is 0.154 e. The molecule has 0 saturated heterocycles. The van der Waals surface area contributed by atoms with E-state index in [0.717, 1.165) is 35.8 Å². The molecule has 1 aromatic carbocycles. The van der Waals surface area contributed by atoms with Crippen molar-refractivity contribution < 1.29 is 0 Å². The number of aliphatic imine (C=N–C) groups is 1. The summed E-state index contributed by atoms with van der Waals surface area (Å²) in [6.45, 7) is 6.26. The maximum atomic E-state index is 4.57. The highest BCUT2D eigenvalue weighted by atomic mass is 15.1. The van der Waals surface area contributed by atoms with Gasteiger partial charge in [-0.2, -0.15) is 0 Å². The third-order valence-corrected chi connectivity index (χ3v) is 3.62. The summed E-state index contributed by atoms with van der Waals surface area (Å²) >= 11 is 0. The molecule has 0 aliphatic heterocycles. The summed E-state index contributed by atoms with van der Waals surface area (Å²) in [4.78, 5) is 13.4. The Labute approximate surface area is 150 Å². The lowest BCUT2D eigenvalue weighted by molar-refractivity contribution is 0.906. The van der Waals surface area contributed by atoms with Gasteiger partial charge in [-0.05, 0) is 38.0 Å². The van der Waals surface area contributed by atoms with Crippen LogP contribution in [-0.2, 0) is 0 Å². The van der Waals surface area contributed by atoms with Gasteiger partial charge in [-0.25, -0.2) is 9.97 Å². The molecule has 0 aliphatic carbocycles. The molecule has 0 fully saturated rings. The molecule has 4 heteroatoms. The van der Waals surface area contributed by atoms with E-state index in [1.54, 1.807) is 7.05 Å². The van der Waals surface area contributed by atoms with Gasteiger partial charge in [0.2, 0.25) is 0 Å². The Morgan fingerprint density at radius 3 is 2.60 bits per heavy atom. The molecular formula is C21H26N4. The zero-order chi connectivity index (χ0) is 18.1. The Morgan fingerprint density at radius 1 is 1.16 bits per heavy atom. The van der Waals surface area contributed by atoms with Crippen molar-refractivity contribution >= 4 is 23.8 Å². The van der Waals surface area contributed by atoms with Crippen LogP contribution in [-0.4, -0.2) is 22.9 Å². The van der Waals surface area contributed by atoms with Gasteiger partial charge in [0, 0.05) is 18.8 Å². The minimum atomic E-state index is 0.677. The molecule has 0 bridgehead atoms. The van der Waals surface area contributed by atoms with Gasteiger partial charge in [0.05, 0.1) is 0 Å². The van der Waals surface area contributed by atoms with E-state index in [2.05, 4.69) is 52.3 Å². The molecule has 130 valence electrons. The molecule has 4 nitrogen and oxygen atoms in total. The lowest BCUT2D eigenvalue weighted by Gasteiger charge is -2.08. The van der Waals surface area contributed by atoms with E-state index in [-0.39, 0.29) is 0 Å². The Kier molecular flexibility index (Phi) is 7.08. The maximum Gasteiger partial charge on any atom is 0.154 e. The van der Waals surface area contributed by atoms with Crippen LogP contribution >= 0.6 is 0 Å². The summed E-state index contributed by atoms with van der Waals surface area (Å²) in [6, 6.07) is 12.1. The Balaban J connectivity index is 2.18. The minimum Gasteiger partial charge on any atom is -0.325 e. The molecule has 1 aromatic heterocycles. The fraction of sp³-hybridized carbons (Fsp3) is 0.286. The molecule has 0 aliphatic rings. The van der Waals surface area contributed by atoms with Crippen molar-refractivity contribution in [2.45, 2.75) is 33.6 Å². The first-order valence-corrected chi connectivity index (χ1v) is 8.60. The third-order valence-electron chi connectivity index (χ3n) is 3.62. The average molecular weight is 334 g/mol. The third kappa shape index (κ3) is 6.34. The van der Waals surface area contributed by atoms with Gasteiger partial charge in [-0.15, -0.1) is 0 Å². The van der Waals surface area contributed by atoms with Crippen LogP contribution in [0, 0.1) is 6.92 Å². The minimum absolute atomic E-state index is 0.677. The highest BCUT2D eigenvalue weighted by Crippen LogP contribution is 2.11. The summed E-state index contributed by atoms with van der Waals surface area (Å²) < 4.78 is 0. The van der Waals surface area contributed by atoms with Crippen LogP contribution in [0.4, 0.5) is 5.82 Å². The number of nitrogens with one attached hydrogen (secondary N) is 1. The molecule has 0 saturated carbocycles. The number of benzene rings is 1. The summed E-state index contributed by atoms with van der Waals surface area (Å²) in [5.74, 6) is 2.24. The Bertz CT molecular complexity index is 774. The highest BCUT2D eigenvalue weighted by Gasteiger charge is 2.03. The van der Waals surface area contributed by atoms with E-state index in [9.17, 15) is 0 Å². The van der Waals surface area contributed by atoms with Crippen molar-refractivity contribution in [3.63, 3.8) is 0 Å². The predicted molar refractivity (Wildman–Crippen MR) is 108 cm³/mol. The van der Waals surface area contributed by atoms with Crippen LogP contribution < -0.4 is 5.32 Å². The van der Waals surface area contributed by atoms with Crippen LogP contribution in [0.5, 0.6) is 0 Å². The van der Waals surface area contributed by atoms with Crippen molar-refractivity contribution in [3.05, 3.63) is 65.1 Å². The quantitative estimate of drug-likeness (QED) is 0.587. The van der Waals surface area contributed by atoms with Gasteiger partial charge < -0.3 is 5.32 Å². The maximum absolute atomic E-state index is 4.57. The van der Waals surface area contributed by atoms with E-state index >= 15 is 0 Å². The number of anilines is 1. The molecule has 0 unspecified atom stereocenters. The molecule has 2 rings (SSSR count). The molecule has 0 amide bonds. The van der Waals surface area contributed by atoms with Crippen molar-refractivity contribution in [1.82, 2.24) is 9.97 Å². The lowest BCUT2D eigenvalue weighted by Crippen LogP contribution is -2.12. The van der Waals surface area contributed by atoms with Gasteiger partial charge in [0.25, 0.3) is 0 Å². The second kappa shape index (κ2) is 9.52. The fourth-order valence-corrected chi connectivity index (χ4v) is 2.45. The van der Waals surface area contributed by atoms with Crippen LogP contribution in [0.2, 0.25) is 0 Å². The van der Waals surface area contributed by atoms with Crippen molar-refractivity contribution in [1.29, 1.82) is 0 Å². The number of allylic oxidation sites excluding steroid dienone is 1. The second-order valence-corrected chi connectivity index (χ2v) is 5.97. The number of aryl methyl sites for hydroxylation is 1. The van der Waals surface area contributed by atoms with E-state index < -0.39 is 0 Å². The van der Waals surface area contributed by atoms with Gasteiger partial charge >= 0.3 is 0 Å². The van der Waals surface area contributed by atoms with Crippen LogP contribution in [0.15, 0.2) is 53.0 Å². The van der Waals surface area contributed by atoms with Crippen LogP contribution in [0.1, 0.15) is 43.8 Å². The van der Waals surface area contributed by atoms with E-state index in [0.29, 0.717) is 5.82 Å². The summed E-state index contributed by atoms with van der Waals surface area (Å²) in [5, 5.41) is 3.29. The number of hydrogen-bond acceptors (Lipinski definition) is 3. The molecular weight excluding hydrogens is 308 g/mol. The normalized spacial score (nSPS) is 12.6. The van der Waals surface area contributed by atoms with E-state index in [1.165, 1.54) is 5.57 Å². The van der Waals surface area contributed by atoms with Crippen molar-refractivity contribution in [3.8, 4) is 0 Å². The SMILES string of the molecule is CCCC(C)=CC(=NC)Nc1cc(C)nc(C=Cc2ccccc2)n1. The number of hydrogen-bond donors (Lipinski definition) is 1. The fourth-order valence-electron chi connectivity index (χ4n) is 2.45. The van der Waals surface area contributed by atoms with Gasteiger partial charge in [-0.3, -0.25) is 4.99 Å². The largest absolute Gasteiger partial charge is 0.325 e. The second-order valence-electron chi connectivity index (χ2n) is 5.97. The molecule has 0 spiro atoms. The first kappa shape index (κ1) is 18.6. The predicted octanol–water partition coefficient (Wildman–Crippen LogP) is 5.14. The lowest BCUT2D eigenvalue weighted by atomic mass is 10.1. The molecule has 0 atom stereocenters. The molecule has 1 heterocycles. The van der Waals surface area contributed by atoms with Gasteiger partial charge in [0.1, 0.15) is 11.7 Å². The van der Waals surface area contributed by atoms with Gasteiger partial charge in [0.15, 0.2) is 5.82 Å². The summed E-state index contributed by atoms with van der Waals surface area (Å²) in [5.41, 5.74) is 3.33. The number of nitrogens with zero attached hydrogens (tertiary/aromatic N) is 3. The number of aromatic nitrogens is 2. The van der Waals surface area contributed by atoms with Crippen molar-refractivity contribution in [2.75, 3.05) is 12.4 Å². The Hall–Kier alpha value is -2.75. The first-order valence-electron chi connectivity index (χ1n) is 8.60. The first-order chi connectivity index (χ1) is 12.1. The standard InChI is InChI=1S/C21H26N4/c1-5-9-16(2)14-20(22-4)25-21-15-17(3)23-19(24-21)13-12-18-10-7-6-8-11-18/h6-8,10-15H,5,9H2,1-4H3,(H,22,23,24,25). The zero-order valence-electron chi connectivity index (χ0n) is 15.5. The molecule has 2 aromatic rings. The van der Waals surface area contributed by atoms with Gasteiger partial charge in [-0.1, -0.05) is 55.3 Å². The monoisotopic (exact) mass is 334 g/mol. The van der Waals surface area contributed by atoms with Crippen molar-refractivity contribution in [2.24, 2.45) is 4.99 Å².